The van der Waals surface area contributed by atoms with Crippen molar-refractivity contribution in [1.82, 2.24) is 5.32 Å². The summed E-state index contributed by atoms with van der Waals surface area (Å²) in [5.74, 6) is 0.0594. The van der Waals surface area contributed by atoms with Gasteiger partial charge in [0.25, 0.3) is 5.69 Å². The Morgan fingerprint density at radius 2 is 2.24 bits per heavy atom. The maximum atomic E-state index is 10.9. The number of nitrogens with one attached hydrogen (secondary N) is 1. The van der Waals surface area contributed by atoms with Gasteiger partial charge in [-0.2, -0.15) is 12.6 Å². The van der Waals surface area contributed by atoms with Crippen molar-refractivity contribution < 1.29 is 4.92 Å². The third-order valence-electron chi connectivity index (χ3n) is 3.36. The van der Waals surface area contributed by atoms with Crippen molar-refractivity contribution >= 4 is 30.1 Å². The lowest BCUT2D eigenvalue weighted by Gasteiger charge is -2.25. The van der Waals surface area contributed by atoms with Crippen LogP contribution in [0.3, 0.4) is 0 Å². The highest BCUT2D eigenvalue weighted by Gasteiger charge is 2.19. The van der Waals surface area contributed by atoms with E-state index in [0.29, 0.717) is 5.25 Å². The summed E-state index contributed by atoms with van der Waals surface area (Å²) < 4.78 is 0. The number of thiol groups is 1. The molecule has 0 saturated heterocycles. The lowest BCUT2D eigenvalue weighted by atomic mass is 9.93. The quantitative estimate of drug-likeness (QED) is 0.371. The first kappa shape index (κ1) is 16.0. The van der Waals surface area contributed by atoms with E-state index in [1.165, 1.54) is 6.07 Å². The van der Waals surface area contributed by atoms with Crippen molar-refractivity contribution in [3.8, 4) is 0 Å². The summed E-state index contributed by atoms with van der Waals surface area (Å²) in [6.07, 6.45) is 4.22. The molecule has 0 saturated carbocycles. The van der Waals surface area contributed by atoms with E-state index in [9.17, 15) is 10.1 Å². The van der Waals surface area contributed by atoms with E-state index in [-0.39, 0.29) is 16.5 Å². The van der Waals surface area contributed by atoms with Crippen LogP contribution < -0.4 is 5.32 Å². The fraction of sp³-hybridized carbons (Fsp3) is 0.333. The molecule has 1 aliphatic rings. The Balaban J connectivity index is 2.31. The molecule has 2 unspecified atom stereocenters. The van der Waals surface area contributed by atoms with Crippen molar-refractivity contribution in [2.75, 3.05) is 5.08 Å². The predicted octanol–water partition coefficient (Wildman–Crippen LogP) is 4.08. The van der Waals surface area contributed by atoms with E-state index in [1.807, 2.05) is 13.0 Å². The van der Waals surface area contributed by atoms with Gasteiger partial charge in [-0.25, -0.2) is 0 Å². The first-order valence-corrected chi connectivity index (χ1v) is 8.33. The summed E-state index contributed by atoms with van der Waals surface area (Å²) in [5, 5.41) is 15.3. The molecule has 21 heavy (non-hydrogen) atoms. The van der Waals surface area contributed by atoms with Gasteiger partial charge < -0.3 is 5.32 Å². The molecular formula is C15H18N2O2S2. The Hall–Kier alpha value is -1.40. The lowest BCUT2D eigenvalue weighted by Crippen LogP contribution is -2.23. The van der Waals surface area contributed by atoms with Crippen LogP contribution in [0.5, 0.6) is 0 Å². The molecule has 4 nitrogen and oxygen atoms in total. The number of non-ortho nitro benzene ring substituents is 1. The number of hydrogen-bond donors (Lipinski definition) is 2. The summed E-state index contributed by atoms with van der Waals surface area (Å²) >= 11 is 5.99. The highest BCUT2D eigenvalue weighted by Crippen LogP contribution is 2.30. The van der Waals surface area contributed by atoms with Gasteiger partial charge in [-0.3, -0.25) is 10.1 Å². The van der Waals surface area contributed by atoms with Crippen LogP contribution in [0.25, 0.3) is 0 Å². The molecule has 1 aromatic carbocycles. The molecule has 0 radical (unpaired) electrons. The molecule has 112 valence electrons. The van der Waals surface area contributed by atoms with Crippen molar-refractivity contribution in [2.24, 2.45) is 0 Å². The van der Waals surface area contributed by atoms with Crippen LogP contribution >= 0.6 is 24.4 Å². The molecule has 0 bridgehead atoms. The van der Waals surface area contributed by atoms with Crippen molar-refractivity contribution in [3.05, 3.63) is 63.5 Å². The van der Waals surface area contributed by atoms with Crippen LogP contribution in [0.2, 0.25) is 0 Å². The second kappa shape index (κ2) is 7.04. The maximum Gasteiger partial charge on any atom is 0.269 e. The van der Waals surface area contributed by atoms with Crippen LogP contribution in [0.4, 0.5) is 5.69 Å². The molecule has 6 heteroatoms. The fourth-order valence-corrected chi connectivity index (χ4v) is 3.51. The molecule has 1 aliphatic heterocycles. The zero-order valence-corrected chi connectivity index (χ0v) is 13.7. The smallest absolute Gasteiger partial charge is 0.269 e. The van der Waals surface area contributed by atoms with E-state index in [2.05, 4.69) is 37.0 Å². The molecule has 0 aromatic heterocycles. The van der Waals surface area contributed by atoms with Crippen LogP contribution in [-0.4, -0.2) is 15.3 Å². The van der Waals surface area contributed by atoms with Crippen LogP contribution in [0, 0.1) is 10.1 Å². The molecular weight excluding hydrogens is 304 g/mol. The number of benzene rings is 1. The minimum atomic E-state index is -0.356. The summed E-state index contributed by atoms with van der Waals surface area (Å²) in [7, 11) is 0. The molecule has 1 heterocycles. The molecule has 1 N–H and O–H groups in total. The van der Waals surface area contributed by atoms with Crippen molar-refractivity contribution in [2.45, 2.75) is 25.0 Å². The van der Waals surface area contributed by atoms with Gasteiger partial charge in [0.2, 0.25) is 0 Å². The standard InChI is InChI=1S/C15H18N2O2S2/c1-10-6-13(8-15(16-10)11(2)21-9-20)12-4-3-5-14(7-12)17(18)19/h3-8,11,13,16,20H,9H2,1-2H3. The monoisotopic (exact) mass is 322 g/mol. The normalized spacial score (nSPS) is 19.3. The predicted molar refractivity (Wildman–Crippen MR) is 91.7 cm³/mol. The molecule has 0 spiro atoms. The van der Waals surface area contributed by atoms with Gasteiger partial charge in [0.15, 0.2) is 0 Å². The molecule has 1 aromatic rings. The van der Waals surface area contributed by atoms with Gasteiger partial charge in [0.1, 0.15) is 0 Å². The van der Waals surface area contributed by atoms with Gasteiger partial charge in [-0.05, 0) is 19.4 Å². The Labute approximate surface area is 134 Å². The second-order valence-electron chi connectivity index (χ2n) is 4.91. The SMILES string of the molecule is CC1=CC(c2cccc([N+](=O)[O-])c2)C=C(C(C)SCS)N1. The fourth-order valence-electron chi connectivity index (χ4n) is 2.30. The second-order valence-corrected chi connectivity index (χ2v) is 6.99. The molecule has 2 atom stereocenters. The average Bonchev–Trinajstić information content (AvgIpc) is 2.47. The van der Waals surface area contributed by atoms with E-state index in [4.69, 9.17) is 0 Å². The molecule has 2 rings (SSSR count). The topological polar surface area (TPSA) is 55.2 Å². The zero-order chi connectivity index (χ0) is 15.4. The number of thioether (sulfide) groups is 1. The number of allylic oxidation sites excluding steroid dienone is 3. The third-order valence-corrected chi connectivity index (χ3v) is 4.71. The molecule has 0 fully saturated rings. The van der Waals surface area contributed by atoms with Gasteiger partial charge in [-0.1, -0.05) is 24.3 Å². The Bertz CT molecular complexity index is 599. The Morgan fingerprint density at radius 1 is 1.48 bits per heavy atom. The summed E-state index contributed by atoms with van der Waals surface area (Å²) in [6.45, 7) is 4.14. The van der Waals surface area contributed by atoms with E-state index in [0.717, 1.165) is 22.0 Å². The highest BCUT2D eigenvalue weighted by molar-refractivity contribution is 8.09. The maximum absolute atomic E-state index is 10.9. The van der Waals surface area contributed by atoms with E-state index in [1.54, 1.807) is 23.9 Å². The summed E-state index contributed by atoms with van der Waals surface area (Å²) in [5.41, 5.74) is 3.26. The largest absolute Gasteiger partial charge is 0.362 e. The number of dihydropyridines is 1. The Kier molecular flexibility index (Phi) is 5.36. The van der Waals surface area contributed by atoms with Crippen LogP contribution in [0.15, 0.2) is 47.8 Å². The minimum absolute atomic E-state index is 0.0594. The van der Waals surface area contributed by atoms with Crippen LogP contribution in [0.1, 0.15) is 25.3 Å². The van der Waals surface area contributed by atoms with Gasteiger partial charge in [0.05, 0.1) is 4.92 Å². The third kappa shape index (κ3) is 4.04. The molecule has 0 amide bonds. The average molecular weight is 322 g/mol. The zero-order valence-electron chi connectivity index (χ0n) is 11.9. The highest BCUT2D eigenvalue weighted by atomic mass is 32.2. The Morgan fingerprint density at radius 3 is 2.90 bits per heavy atom. The minimum Gasteiger partial charge on any atom is -0.362 e. The number of nitro benzene ring substituents is 1. The number of nitro groups is 1. The van der Waals surface area contributed by atoms with E-state index >= 15 is 0 Å². The van der Waals surface area contributed by atoms with Crippen LogP contribution in [-0.2, 0) is 0 Å². The van der Waals surface area contributed by atoms with E-state index < -0.39 is 0 Å². The summed E-state index contributed by atoms with van der Waals surface area (Å²) in [6, 6.07) is 6.82. The first-order valence-electron chi connectivity index (χ1n) is 6.65. The number of hydrogen-bond acceptors (Lipinski definition) is 5. The van der Waals surface area contributed by atoms with Gasteiger partial charge in [-0.15, -0.1) is 11.8 Å². The van der Waals surface area contributed by atoms with Crippen molar-refractivity contribution in [3.63, 3.8) is 0 Å². The first-order chi connectivity index (χ1) is 10.0. The summed E-state index contributed by atoms with van der Waals surface area (Å²) in [4.78, 5) is 10.6. The number of nitrogens with zero attached hydrogens (tertiary/aromatic N) is 1. The lowest BCUT2D eigenvalue weighted by molar-refractivity contribution is -0.384. The van der Waals surface area contributed by atoms with Crippen molar-refractivity contribution in [1.29, 1.82) is 0 Å². The number of rotatable bonds is 5. The van der Waals surface area contributed by atoms with Gasteiger partial charge in [0, 0.05) is 39.8 Å². The molecule has 0 aliphatic carbocycles. The van der Waals surface area contributed by atoms with Gasteiger partial charge >= 0.3 is 0 Å².